The van der Waals surface area contributed by atoms with Crippen LogP contribution in [-0.4, -0.2) is 20.9 Å². The van der Waals surface area contributed by atoms with Crippen LogP contribution in [0.3, 0.4) is 0 Å². The van der Waals surface area contributed by atoms with Gasteiger partial charge in [-0.3, -0.25) is 9.48 Å². The van der Waals surface area contributed by atoms with E-state index in [-0.39, 0.29) is 6.42 Å². The first-order valence-electron chi connectivity index (χ1n) is 7.00. The standard InChI is InChI=1S/C16H18N2O2/c1-18-10-14(9-15(19)20)16(17-18)13-7-6-11-4-2-3-5-12(11)8-13/h6-8,10H,2-5,9H2,1H3,(H,19,20). The molecule has 104 valence electrons. The summed E-state index contributed by atoms with van der Waals surface area (Å²) in [5, 5.41) is 13.4. The number of hydrogen-bond acceptors (Lipinski definition) is 2. The highest BCUT2D eigenvalue weighted by Crippen LogP contribution is 2.28. The molecule has 0 amide bonds. The summed E-state index contributed by atoms with van der Waals surface area (Å²) in [6.07, 6.45) is 6.58. The Morgan fingerprint density at radius 3 is 2.80 bits per heavy atom. The van der Waals surface area contributed by atoms with E-state index >= 15 is 0 Å². The molecule has 0 spiro atoms. The van der Waals surface area contributed by atoms with E-state index in [1.165, 1.54) is 24.0 Å². The molecule has 1 aliphatic rings. The molecule has 4 nitrogen and oxygen atoms in total. The zero-order chi connectivity index (χ0) is 14.1. The molecule has 1 aliphatic carbocycles. The van der Waals surface area contributed by atoms with E-state index in [0.29, 0.717) is 0 Å². The van der Waals surface area contributed by atoms with Crippen LogP contribution in [0.5, 0.6) is 0 Å². The highest BCUT2D eigenvalue weighted by molar-refractivity contribution is 5.75. The maximum atomic E-state index is 11.0. The molecule has 2 aromatic rings. The Morgan fingerprint density at radius 2 is 2.05 bits per heavy atom. The normalized spacial score (nSPS) is 14.1. The molecule has 1 aromatic heterocycles. The maximum absolute atomic E-state index is 11.0. The molecule has 0 bridgehead atoms. The number of carboxylic acid groups (broad SMARTS) is 1. The molecule has 3 rings (SSSR count). The van der Waals surface area contributed by atoms with Crippen molar-refractivity contribution in [3.05, 3.63) is 41.1 Å². The van der Waals surface area contributed by atoms with Crippen LogP contribution >= 0.6 is 0 Å². The van der Waals surface area contributed by atoms with Crippen LogP contribution in [0.2, 0.25) is 0 Å². The molecule has 1 aromatic carbocycles. The molecular formula is C16H18N2O2. The fourth-order valence-electron chi connectivity index (χ4n) is 2.95. The molecule has 20 heavy (non-hydrogen) atoms. The predicted octanol–water partition coefficient (Wildman–Crippen LogP) is 2.59. The average Bonchev–Trinajstić information content (AvgIpc) is 2.78. The Hall–Kier alpha value is -2.10. The van der Waals surface area contributed by atoms with E-state index in [1.54, 1.807) is 10.9 Å². The van der Waals surface area contributed by atoms with Gasteiger partial charge in [-0.25, -0.2) is 0 Å². The van der Waals surface area contributed by atoms with E-state index in [9.17, 15) is 4.79 Å². The number of fused-ring (bicyclic) bond motifs is 1. The van der Waals surface area contributed by atoms with Crippen LogP contribution in [0.1, 0.15) is 29.5 Å². The lowest BCUT2D eigenvalue weighted by molar-refractivity contribution is -0.136. The summed E-state index contributed by atoms with van der Waals surface area (Å²) in [6, 6.07) is 6.42. The summed E-state index contributed by atoms with van der Waals surface area (Å²) >= 11 is 0. The fourth-order valence-corrected chi connectivity index (χ4v) is 2.95. The highest BCUT2D eigenvalue weighted by atomic mass is 16.4. The summed E-state index contributed by atoms with van der Waals surface area (Å²) < 4.78 is 1.69. The van der Waals surface area contributed by atoms with Crippen molar-refractivity contribution in [3.8, 4) is 11.3 Å². The van der Waals surface area contributed by atoms with Gasteiger partial charge in [-0.05, 0) is 42.9 Å². The third-order valence-corrected chi connectivity index (χ3v) is 3.87. The Bertz CT molecular complexity index is 658. The number of aliphatic carboxylic acids is 1. The van der Waals surface area contributed by atoms with Gasteiger partial charge >= 0.3 is 5.97 Å². The number of carboxylic acids is 1. The van der Waals surface area contributed by atoms with Gasteiger partial charge in [-0.1, -0.05) is 12.1 Å². The van der Waals surface area contributed by atoms with Gasteiger partial charge in [-0.15, -0.1) is 0 Å². The van der Waals surface area contributed by atoms with Crippen LogP contribution in [0.25, 0.3) is 11.3 Å². The van der Waals surface area contributed by atoms with Crippen molar-refractivity contribution in [1.82, 2.24) is 9.78 Å². The first kappa shape index (κ1) is 12.9. The molecule has 4 heteroatoms. The van der Waals surface area contributed by atoms with Gasteiger partial charge in [0.2, 0.25) is 0 Å². The van der Waals surface area contributed by atoms with Gasteiger partial charge < -0.3 is 5.11 Å². The Morgan fingerprint density at radius 1 is 1.30 bits per heavy atom. The number of carbonyl (C=O) groups is 1. The molecular weight excluding hydrogens is 252 g/mol. The molecule has 0 unspecified atom stereocenters. The third kappa shape index (κ3) is 2.46. The van der Waals surface area contributed by atoms with Crippen molar-refractivity contribution < 1.29 is 9.90 Å². The van der Waals surface area contributed by atoms with Crippen LogP contribution in [0, 0.1) is 0 Å². The summed E-state index contributed by atoms with van der Waals surface area (Å²) in [4.78, 5) is 11.0. The lowest BCUT2D eigenvalue weighted by Crippen LogP contribution is -2.03. The summed E-state index contributed by atoms with van der Waals surface area (Å²) in [5.41, 5.74) is 5.41. The van der Waals surface area contributed by atoms with E-state index in [4.69, 9.17) is 5.11 Å². The van der Waals surface area contributed by atoms with Crippen molar-refractivity contribution in [1.29, 1.82) is 0 Å². The monoisotopic (exact) mass is 270 g/mol. The first-order valence-corrected chi connectivity index (χ1v) is 7.00. The predicted molar refractivity (Wildman–Crippen MR) is 76.6 cm³/mol. The second kappa shape index (κ2) is 5.12. The first-order chi connectivity index (χ1) is 9.63. The van der Waals surface area contributed by atoms with Crippen LogP contribution in [0.15, 0.2) is 24.4 Å². The summed E-state index contributed by atoms with van der Waals surface area (Å²) in [5.74, 6) is -0.822. The summed E-state index contributed by atoms with van der Waals surface area (Å²) in [6.45, 7) is 0. The number of aromatic nitrogens is 2. The largest absolute Gasteiger partial charge is 0.481 e. The SMILES string of the molecule is Cn1cc(CC(=O)O)c(-c2ccc3c(c2)CCCC3)n1. The van der Waals surface area contributed by atoms with Gasteiger partial charge in [0.25, 0.3) is 0 Å². The van der Waals surface area contributed by atoms with Gasteiger partial charge in [0.05, 0.1) is 12.1 Å². The molecule has 0 aliphatic heterocycles. The lowest BCUT2D eigenvalue weighted by atomic mass is 9.89. The smallest absolute Gasteiger partial charge is 0.307 e. The van der Waals surface area contributed by atoms with Gasteiger partial charge in [0.1, 0.15) is 0 Å². The Balaban J connectivity index is 2.02. The highest BCUT2D eigenvalue weighted by Gasteiger charge is 2.15. The van der Waals surface area contributed by atoms with Crippen molar-refractivity contribution in [2.24, 2.45) is 7.05 Å². The van der Waals surface area contributed by atoms with Crippen molar-refractivity contribution >= 4 is 5.97 Å². The number of rotatable bonds is 3. The Kier molecular flexibility index (Phi) is 3.30. The van der Waals surface area contributed by atoms with Crippen molar-refractivity contribution in [3.63, 3.8) is 0 Å². The lowest BCUT2D eigenvalue weighted by Gasteiger charge is -2.16. The molecule has 0 atom stereocenters. The zero-order valence-corrected chi connectivity index (χ0v) is 11.6. The van der Waals surface area contributed by atoms with E-state index in [1.807, 2.05) is 7.05 Å². The van der Waals surface area contributed by atoms with E-state index in [0.717, 1.165) is 29.7 Å². The molecule has 0 saturated carbocycles. The van der Waals surface area contributed by atoms with Crippen molar-refractivity contribution in [2.75, 3.05) is 0 Å². The zero-order valence-electron chi connectivity index (χ0n) is 11.6. The maximum Gasteiger partial charge on any atom is 0.307 e. The fraction of sp³-hybridized carbons (Fsp3) is 0.375. The second-order valence-corrected chi connectivity index (χ2v) is 5.44. The van der Waals surface area contributed by atoms with E-state index in [2.05, 4.69) is 23.3 Å². The molecule has 1 heterocycles. The number of hydrogen-bond donors (Lipinski definition) is 1. The molecule has 0 radical (unpaired) electrons. The minimum Gasteiger partial charge on any atom is -0.481 e. The number of nitrogens with zero attached hydrogens (tertiary/aromatic N) is 2. The minimum absolute atomic E-state index is 0.0141. The topological polar surface area (TPSA) is 55.1 Å². The number of benzene rings is 1. The van der Waals surface area contributed by atoms with Crippen LogP contribution in [-0.2, 0) is 31.1 Å². The van der Waals surface area contributed by atoms with Crippen molar-refractivity contribution in [2.45, 2.75) is 32.1 Å². The quantitative estimate of drug-likeness (QED) is 0.932. The molecule has 1 N–H and O–H groups in total. The molecule has 0 saturated heterocycles. The second-order valence-electron chi connectivity index (χ2n) is 5.44. The summed E-state index contributed by atoms with van der Waals surface area (Å²) in [7, 11) is 1.83. The Labute approximate surface area is 118 Å². The minimum atomic E-state index is -0.822. The number of aryl methyl sites for hydroxylation is 3. The average molecular weight is 270 g/mol. The van der Waals surface area contributed by atoms with Crippen LogP contribution < -0.4 is 0 Å². The van der Waals surface area contributed by atoms with Gasteiger partial charge in [0, 0.05) is 24.4 Å². The van der Waals surface area contributed by atoms with Gasteiger partial charge in [-0.2, -0.15) is 5.10 Å². The van der Waals surface area contributed by atoms with Gasteiger partial charge in [0.15, 0.2) is 0 Å². The van der Waals surface area contributed by atoms with E-state index < -0.39 is 5.97 Å². The third-order valence-electron chi connectivity index (χ3n) is 3.87. The van der Waals surface area contributed by atoms with Crippen LogP contribution in [0.4, 0.5) is 0 Å². The molecule has 0 fully saturated rings.